The Kier molecular flexibility index (Phi) is 3.78. The lowest BCUT2D eigenvalue weighted by atomic mass is 10.0. The van der Waals surface area contributed by atoms with Crippen LogP contribution in [0.15, 0.2) is 12.1 Å². The normalized spacial score (nSPS) is 22.1. The summed E-state index contributed by atoms with van der Waals surface area (Å²) in [4.78, 5) is 0. The van der Waals surface area contributed by atoms with Crippen molar-refractivity contribution in [2.45, 2.75) is 31.7 Å². The van der Waals surface area contributed by atoms with Gasteiger partial charge in [-0.25, -0.2) is 0 Å². The van der Waals surface area contributed by atoms with Crippen molar-refractivity contribution in [3.63, 3.8) is 0 Å². The highest BCUT2D eigenvalue weighted by atomic mass is 16.5. The molecule has 2 aliphatic heterocycles. The summed E-state index contributed by atoms with van der Waals surface area (Å²) in [7, 11) is 1.70. The van der Waals surface area contributed by atoms with Gasteiger partial charge in [0.25, 0.3) is 0 Å². The molecule has 4 nitrogen and oxygen atoms in total. The minimum atomic E-state index is 0.554. The van der Waals surface area contributed by atoms with Crippen molar-refractivity contribution in [2.75, 3.05) is 26.9 Å². The summed E-state index contributed by atoms with van der Waals surface area (Å²) in [5.74, 6) is 2.42. The van der Waals surface area contributed by atoms with Crippen molar-refractivity contribution in [1.29, 1.82) is 0 Å². The van der Waals surface area contributed by atoms with E-state index in [4.69, 9.17) is 14.2 Å². The molecule has 0 saturated carbocycles. The lowest BCUT2D eigenvalue weighted by Gasteiger charge is -2.17. The summed E-state index contributed by atoms with van der Waals surface area (Å²) in [5.41, 5.74) is 1.20. The summed E-state index contributed by atoms with van der Waals surface area (Å²) in [6, 6.07) is 4.67. The standard InChI is InChI=1S/C15H21NO3/c1-17-14-11(10-12-4-2-7-16-12)5-6-13-15(14)19-9-3-8-18-13/h5-6,12,16H,2-4,7-10H2,1H3. The number of hydrogen-bond acceptors (Lipinski definition) is 4. The molecule has 0 radical (unpaired) electrons. The summed E-state index contributed by atoms with van der Waals surface area (Å²) in [5, 5.41) is 3.52. The van der Waals surface area contributed by atoms with E-state index in [1.54, 1.807) is 7.11 Å². The highest BCUT2D eigenvalue weighted by molar-refractivity contribution is 5.56. The maximum absolute atomic E-state index is 5.81. The SMILES string of the molecule is COc1c(CC2CCCN2)ccc2c1OCCCO2. The van der Waals surface area contributed by atoms with E-state index in [0.717, 1.165) is 36.6 Å². The lowest BCUT2D eigenvalue weighted by molar-refractivity contribution is 0.288. The first kappa shape index (κ1) is 12.6. The highest BCUT2D eigenvalue weighted by Crippen LogP contribution is 2.42. The molecular weight excluding hydrogens is 242 g/mol. The summed E-state index contributed by atoms with van der Waals surface area (Å²) >= 11 is 0. The van der Waals surface area contributed by atoms with Crippen molar-refractivity contribution < 1.29 is 14.2 Å². The molecule has 2 heterocycles. The van der Waals surface area contributed by atoms with E-state index >= 15 is 0 Å². The summed E-state index contributed by atoms with van der Waals surface area (Å²) in [6.07, 6.45) is 4.40. The first-order chi connectivity index (χ1) is 9.38. The van der Waals surface area contributed by atoms with Crippen LogP contribution in [0.4, 0.5) is 0 Å². The van der Waals surface area contributed by atoms with Gasteiger partial charge >= 0.3 is 0 Å². The van der Waals surface area contributed by atoms with E-state index in [-0.39, 0.29) is 0 Å². The fraction of sp³-hybridized carbons (Fsp3) is 0.600. The smallest absolute Gasteiger partial charge is 0.203 e. The van der Waals surface area contributed by atoms with Gasteiger partial charge in [0, 0.05) is 12.5 Å². The van der Waals surface area contributed by atoms with Gasteiger partial charge in [-0.1, -0.05) is 6.07 Å². The van der Waals surface area contributed by atoms with Gasteiger partial charge in [0.2, 0.25) is 5.75 Å². The molecule has 104 valence electrons. The molecule has 4 heteroatoms. The van der Waals surface area contributed by atoms with E-state index in [1.165, 1.54) is 18.4 Å². The Balaban J connectivity index is 1.88. The molecule has 0 amide bonds. The van der Waals surface area contributed by atoms with Gasteiger partial charge in [-0.3, -0.25) is 0 Å². The second kappa shape index (κ2) is 5.70. The van der Waals surface area contributed by atoms with Crippen LogP contribution < -0.4 is 19.5 Å². The molecule has 1 fully saturated rings. The third kappa shape index (κ3) is 2.63. The fourth-order valence-corrected chi connectivity index (χ4v) is 2.83. The van der Waals surface area contributed by atoms with Crippen molar-refractivity contribution in [3.05, 3.63) is 17.7 Å². The van der Waals surface area contributed by atoms with Crippen LogP contribution in [0, 0.1) is 0 Å². The topological polar surface area (TPSA) is 39.7 Å². The Hall–Kier alpha value is -1.42. The van der Waals surface area contributed by atoms with E-state index in [1.807, 2.05) is 6.07 Å². The molecule has 1 atom stereocenters. The molecule has 0 aromatic heterocycles. The maximum Gasteiger partial charge on any atom is 0.203 e. The van der Waals surface area contributed by atoms with Gasteiger partial charge in [0.1, 0.15) is 0 Å². The summed E-state index contributed by atoms with van der Waals surface area (Å²) in [6.45, 7) is 2.52. The zero-order valence-corrected chi connectivity index (χ0v) is 11.4. The third-order valence-corrected chi connectivity index (χ3v) is 3.78. The molecule has 1 aromatic carbocycles. The van der Waals surface area contributed by atoms with Gasteiger partial charge in [0.05, 0.1) is 20.3 Å². The van der Waals surface area contributed by atoms with E-state index < -0.39 is 0 Å². The number of methoxy groups -OCH3 is 1. The Morgan fingerprint density at radius 1 is 1.26 bits per heavy atom. The molecule has 3 rings (SSSR count). The van der Waals surface area contributed by atoms with Crippen LogP contribution in [-0.4, -0.2) is 32.9 Å². The van der Waals surface area contributed by atoms with Crippen LogP contribution in [0.1, 0.15) is 24.8 Å². The number of benzene rings is 1. The zero-order valence-electron chi connectivity index (χ0n) is 11.4. The number of hydrogen-bond donors (Lipinski definition) is 1. The van der Waals surface area contributed by atoms with Gasteiger partial charge in [0.15, 0.2) is 11.5 Å². The van der Waals surface area contributed by atoms with Crippen LogP contribution in [-0.2, 0) is 6.42 Å². The first-order valence-corrected chi connectivity index (χ1v) is 7.07. The van der Waals surface area contributed by atoms with Gasteiger partial charge < -0.3 is 19.5 Å². The van der Waals surface area contributed by atoms with Gasteiger partial charge in [-0.2, -0.15) is 0 Å². The Morgan fingerprint density at radius 2 is 2.16 bits per heavy atom. The predicted molar refractivity (Wildman–Crippen MR) is 73.3 cm³/mol. The Bertz CT molecular complexity index is 441. The molecule has 2 aliphatic rings. The summed E-state index contributed by atoms with van der Waals surface area (Å²) < 4.78 is 17.1. The Morgan fingerprint density at radius 3 is 2.95 bits per heavy atom. The number of fused-ring (bicyclic) bond motifs is 1. The molecule has 1 unspecified atom stereocenters. The fourth-order valence-electron chi connectivity index (χ4n) is 2.83. The maximum atomic E-state index is 5.81. The van der Waals surface area contributed by atoms with Crippen LogP contribution in [0.5, 0.6) is 17.2 Å². The van der Waals surface area contributed by atoms with E-state index in [2.05, 4.69) is 11.4 Å². The number of rotatable bonds is 3. The van der Waals surface area contributed by atoms with E-state index in [9.17, 15) is 0 Å². The quantitative estimate of drug-likeness (QED) is 0.907. The van der Waals surface area contributed by atoms with Crippen molar-refractivity contribution in [2.24, 2.45) is 0 Å². The molecular formula is C15H21NO3. The van der Waals surface area contributed by atoms with Crippen molar-refractivity contribution in [1.82, 2.24) is 5.32 Å². The lowest BCUT2D eigenvalue weighted by Crippen LogP contribution is -2.23. The monoisotopic (exact) mass is 263 g/mol. The average Bonchev–Trinajstić information content (AvgIpc) is 2.82. The van der Waals surface area contributed by atoms with Gasteiger partial charge in [-0.05, 0) is 37.4 Å². The molecule has 0 aliphatic carbocycles. The largest absolute Gasteiger partial charge is 0.492 e. The van der Waals surface area contributed by atoms with Crippen LogP contribution in [0.25, 0.3) is 0 Å². The predicted octanol–water partition coefficient (Wildman–Crippen LogP) is 2.15. The second-order valence-corrected chi connectivity index (χ2v) is 5.13. The van der Waals surface area contributed by atoms with Crippen LogP contribution in [0.3, 0.4) is 0 Å². The molecule has 1 aromatic rings. The number of nitrogens with one attached hydrogen (secondary N) is 1. The average molecular weight is 263 g/mol. The Labute approximate surface area is 114 Å². The molecule has 0 bridgehead atoms. The first-order valence-electron chi connectivity index (χ1n) is 7.07. The van der Waals surface area contributed by atoms with Crippen molar-refractivity contribution in [3.8, 4) is 17.2 Å². The molecule has 1 N–H and O–H groups in total. The number of ether oxygens (including phenoxy) is 3. The molecule has 0 spiro atoms. The van der Waals surface area contributed by atoms with E-state index in [0.29, 0.717) is 19.3 Å². The van der Waals surface area contributed by atoms with Crippen molar-refractivity contribution >= 4 is 0 Å². The molecule has 1 saturated heterocycles. The van der Waals surface area contributed by atoms with Gasteiger partial charge in [-0.15, -0.1) is 0 Å². The highest BCUT2D eigenvalue weighted by Gasteiger charge is 2.22. The minimum Gasteiger partial charge on any atom is -0.492 e. The molecule has 19 heavy (non-hydrogen) atoms. The minimum absolute atomic E-state index is 0.554. The second-order valence-electron chi connectivity index (χ2n) is 5.13. The van der Waals surface area contributed by atoms with Crippen LogP contribution in [0.2, 0.25) is 0 Å². The third-order valence-electron chi connectivity index (χ3n) is 3.78. The zero-order chi connectivity index (χ0) is 13.1. The van der Waals surface area contributed by atoms with Crippen LogP contribution >= 0.6 is 0 Å².